The van der Waals surface area contributed by atoms with Crippen LogP contribution in [0.1, 0.15) is 13.8 Å². The van der Waals surface area contributed by atoms with Gasteiger partial charge in [-0.15, -0.1) is 0 Å². The summed E-state index contributed by atoms with van der Waals surface area (Å²) in [5, 5.41) is 4.19. The van der Waals surface area contributed by atoms with Gasteiger partial charge in [-0.25, -0.2) is 9.67 Å². The number of fused-ring (bicyclic) bond motifs is 1. The Hall–Kier alpha value is -1.12. The molecule has 3 nitrogen and oxygen atoms in total. The average molecular weight is 163 g/mol. The number of hydrogen-bond donors (Lipinski definition) is 0. The summed E-state index contributed by atoms with van der Waals surface area (Å²) < 4.78 is 1.96. The summed E-state index contributed by atoms with van der Waals surface area (Å²) in [4.78, 5) is 4.33. The van der Waals surface area contributed by atoms with E-state index in [-0.39, 0.29) is 0 Å². The van der Waals surface area contributed by atoms with Gasteiger partial charge >= 0.3 is 0 Å². The van der Waals surface area contributed by atoms with Crippen molar-refractivity contribution in [3.63, 3.8) is 0 Å². The van der Waals surface area contributed by atoms with E-state index < -0.39 is 0 Å². The van der Waals surface area contributed by atoms with Crippen molar-refractivity contribution < 1.29 is 0 Å². The van der Waals surface area contributed by atoms with Crippen molar-refractivity contribution in [1.82, 2.24) is 9.78 Å². The predicted octanol–water partition coefficient (Wildman–Crippen LogP) is 1.87. The number of nitrogens with zero attached hydrogens (tertiary/aromatic N) is 3. The maximum absolute atomic E-state index is 4.33. The molecule has 1 aliphatic heterocycles. The molecular weight excluding hydrogens is 150 g/mol. The van der Waals surface area contributed by atoms with Crippen LogP contribution in [0.3, 0.4) is 0 Å². The maximum atomic E-state index is 4.33. The molecular formula is C9H13N3. The highest BCUT2D eigenvalue weighted by Crippen LogP contribution is 2.21. The molecule has 1 atom stereocenters. The summed E-state index contributed by atoms with van der Waals surface area (Å²) in [6.45, 7) is 5.40. The molecule has 2 rings (SSSR count). The summed E-state index contributed by atoms with van der Waals surface area (Å²) in [5.41, 5.74) is 0. The minimum Gasteiger partial charge on any atom is -0.247 e. The van der Waals surface area contributed by atoms with E-state index in [1.165, 1.54) is 0 Å². The third-order valence-corrected chi connectivity index (χ3v) is 2.33. The first-order valence-electron chi connectivity index (χ1n) is 4.33. The zero-order chi connectivity index (χ0) is 8.55. The molecule has 0 bridgehead atoms. The van der Waals surface area contributed by atoms with Crippen molar-refractivity contribution in [3.05, 3.63) is 12.3 Å². The molecule has 1 aliphatic rings. The molecule has 1 aromatic heterocycles. The first kappa shape index (κ1) is 7.53. The van der Waals surface area contributed by atoms with Gasteiger partial charge in [0.2, 0.25) is 0 Å². The van der Waals surface area contributed by atoms with Gasteiger partial charge in [0.25, 0.3) is 0 Å². The van der Waals surface area contributed by atoms with Crippen LogP contribution >= 0.6 is 0 Å². The van der Waals surface area contributed by atoms with Crippen molar-refractivity contribution in [2.75, 3.05) is 0 Å². The number of rotatable bonds is 1. The summed E-state index contributed by atoms with van der Waals surface area (Å²) in [6.07, 6.45) is 3.84. The third kappa shape index (κ3) is 1.15. The lowest BCUT2D eigenvalue weighted by Gasteiger charge is -2.20. The second-order valence-electron chi connectivity index (χ2n) is 3.56. The Labute approximate surface area is 72.1 Å². The monoisotopic (exact) mass is 163 g/mol. The quantitative estimate of drug-likeness (QED) is 0.621. The van der Waals surface area contributed by atoms with Crippen LogP contribution in [-0.4, -0.2) is 16.0 Å². The molecule has 0 saturated carbocycles. The van der Waals surface area contributed by atoms with E-state index in [1.807, 2.05) is 17.0 Å². The largest absolute Gasteiger partial charge is 0.247 e. The molecule has 3 heteroatoms. The first-order valence-corrected chi connectivity index (χ1v) is 4.33. The van der Waals surface area contributed by atoms with E-state index in [4.69, 9.17) is 0 Å². The van der Waals surface area contributed by atoms with Crippen molar-refractivity contribution >= 4 is 12.0 Å². The normalized spacial score (nSPS) is 21.4. The van der Waals surface area contributed by atoms with Gasteiger partial charge in [0, 0.05) is 18.2 Å². The zero-order valence-electron chi connectivity index (χ0n) is 7.44. The predicted molar refractivity (Wildman–Crippen MR) is 48.7 cm³/mol. The number of aromatic nitrogens is 2. The highest BCUT2D eigenvalue weighted by Gasteiger charge is 2.17. The summed E-state index contributed by atoms with van der Waals surface area (Å²) in [7, 11) is 0. The summed E-state index contributed by atoms with van der Waals surface area (Å²) in [6, 6.07) is 1.94. The van der Waals surface area contributed by atoms with E-state index in [0.717, 1.165) is 12.4 Å². The summed E-state index contributed by atoms with van der Waals surface area (Å²) in [5.74, 6) is 2.16. The molecule has 64 valence electrons. The molecule has 0 saturated heterocycles. The van der Waals surface area contributed by atoms with Crippen molar-refractivity contribution in [2.45, 2.75) is 20.4 Å². The van der Waals surface area contributed by atoms with Gasteiger partial charge in [0.05, 0.1) is 12.7 Å². The Bertz CT molecular complexity index is 298. The standard InChI is InChI=1S/C9H13N3/c1-7(2)8-5-10-9-3-4-11-12(9)6-8/h3-5,7-8H,6H2,1-2H3. The first-order chi connectivity index (χ1) is 5.77. The molecule has 1 unspecified atom stereocenters. The van der Waals surface area contributed by atoms with Gasteiger partial charge < -0.3 is 0 Å². The van der Waals surface area contributed by atoms with Crippen LogP contribution in [0.2, 0.25) is 0 Å². The van der Waals surface area contributed by atoms with Gasteiger partial charge in [-0.1, -0.05) is 13.8 Å². The molecule has 0 aliphatic carbocycles. The Morgan fingerprint density at radius 1 is 1.58 bits per heavy atom. The molecule has 0 spiro atoms. The van der Waals surface area contributed by atoms with E-state index >= 15 is 0 Å². The van der Waals surface area contributed by atoms with Gasteiger partial charge in [0.15, 0.2) is 0 Å². The Morgan fingerprint density at radius 3 is 3.17 bits per heavy atom. The minimum absolute atomic E-state index is 0.539. The summed E-state index contributed by atoms with van der Waals surface area (Å²) >= 11 is 0. The Kier molecular flexibility index (Phi) is 1.71. The van der Waals surface area contributed by atoms with Crippen LogP contribution in [0.15, 0.2) is 17.3 Å². The molecule has 0 radical (unpaired) electrons. The second kappa shape index (κ2) is 2.73. The van der Waals surface area contributed by atoms with Crippen LogP contribution < -0.4 is 0 Å². The molecule has 1 aromatic rings. The lowest BCUT2D eigenvalue weighted by atomic mass is 9.96. The van der Waals surface area contributed by atoms with Crippen molar-refractivity contribution in [3.8, 4) is 0 Å². The van der Waals surface area contributed by atoms with Gasteiger partial charge in [-0.3, -0.25) is 0 Å². The van der Waals surface area contributed by atoms with Crippen LogP contribution in [-0.2, 0) is 6.54 Å². The molecule has 0 aromatic carbocycles. The van der Waals surface area contributed by atoms with Crippen LogP contribution in [0, 0.1) is 11.8 Å². The fourth-order valence-electron chi connectivity index (χ4n) is 1.38. The lowest BCUT2D eigenvalue weighted by Crippen LogP contribution is -2.21. The topological polar surface area (TPSA) is 30.2 Å². The number of hydrogen-bond acceptors (Lipinski definition) is 2. The van der Waals surface area contributed by atoms with E-state index in [2.05, 4.69) is 23.9 Å². The highest BCUT2D eigenvalue weighted by molar-refractivity contribution is 5.66. The fourth-order valence-corrected chi connectivity index (χ4v) is 1.38. The van der Waals surface area contributed by atoms with Crippen LogP contribution in [0.25, 0.3) is 0 Å². The molecule has 0 N–H and O–H groups in total. The fraction of sp³-hybridized carbons (Fsp3) is 0.556. The van der Waals surface area contributed by atoms with Gasteiger partial charge in [0.1, 0.15) is 5.82 Å². The van der Waals surface area contributed by atoms with Crippen LogP contribution in [0.4, 0.5) is 5.82 Å². The van der Waals surface area contributed by atoms with Crippen molar-refractivity contribution in [1.29, 1.82) is 0 Å². The minimum atomic E-state index is 0.539. The third-order valence-electron chi connectivity index (χ3n) is 2.33. The SMILES string of the molecule is CC(C)C1C=Nc2ccnn2C1. The smallest absolute Gasteiger partial charge is 0.149 e. The molecule has 12 heavy (non-hydrogen) atoms. The van der Waals surface area contributed by atoms with Crippen molar-refractivity contribution in [2.24, 2.45) is 16.8 Å². The molecule has 0 amide bonds. The van der Waals surface area contributed by atoms with E-state index in [9.17, 15) is 0 Å². The average Bonchev–Trinajstić information content (AvgIpc) is 2.49. The lowest BCUT2D eigenvalue weighted by molar-refractivity contribution is 0.410. The van der Waals surface area contributed by atoms with Gasteiger partial charge in [-0.05, 0) is 5.92 Å². The Morgan fingerprint density at radius 2 is 2.42 bits per heavy atom. The highest BCUT2D eigenvalue weighted by atomic mass is 15.3. The zero-order valence-corrected chi connectivity index (χ0v) is 7.44. The molecule has 0 fully saturated rings. The second-order valence-corrected chi connectivity index (χ2v) is 3.56. The van der Waals surface area contributed by atoms with E-state index in [0.29, 0.717) is 11.8 Å². The Balaban J connectivity index is 2.24. The maximum Gasteiger partial charge on any atom is 0.149 e. The number of aliphatic imine (C=N–C) groups is 1. The molecule has 2 heterocycles. The van der Waals surface area contributed by atoms with Gasteiger partial charge in [-0.2, -0.15) is 5.10 Å². The van der Waals surface area contributed by atoms with Crippen LogP contribution in [0.5, 0.6) is 0 Å². The van der Waals surface area contributed by atoms with E-state index in [1.54, 1.807) is 6.20 Å².